The van der Waals surface area contributed by atoms with Crippen LogP contribution in [0.2, 0.25) is 0 Å². The number of ether oxygens (including phenoxy) is 6. The highest BCUT2D eigenvalue weighted by molar-refractivity contribution is 7.52. The molecule has 0 fully saturated rings. The van der Waals surface area contributed by atoms with E-state index in [9.17, 15) is 33.4 Å². The third-order valence-corrected chi connectivity index (χ3v) is 11.2. The van der Waals surface area contributed by atoms with Gasteiger partial charge in [0.25, 0.3) is 0 Å². The molecule has 1 atom stereocenters. The summed E-state index contributed by atoms with van der Waals surface area (Å²) in [6, 6.07) is 0. The number of carbonyl (C=O) groups is 5. The van der Waals surface area contributed by atoms with Crippen molar-refractivity contribution in [3.8, 4) is 37.0 Å². The first kappa shape index (κ1) is 60.9. The molecule has 0 rings (SSSR count). The summed E-state index contributed by atoms with van der Waals surface area (Å²) in [5, 5.41) is 14.3. The Balaban J connectivity index is 5.54. The predicted molar refractivity (Wildman–Crippen MR) is 243 cm³/mol. The van der Waals surface area contributed by atoms with E-state index in [-0.39, 0.29) is 147 Å². The van der Waals surface area contributed by atoms with Crippen LogP contribution in [0.4, 0.5) is 0 Å². The zero-order chi connectivity index (χ0) is 48.3. The van der Waals surface area contributed by atoms with Crippen LogP contribution >= 0.6 is 7.60 Å². The van der Waals surface area contributed by atoms with Gasteiger partial charge in [-0.15, -0.1) is 19.3 Å². The van der Waals surface area contributed by atoms with Crippen LogP contribution < -0.4 is 31.5 Å². The van der Waals surface area contributed by atoms with Crippen LogP contribution in [0.3, 0.4) is 0 Å². The number of amides is 5. The van der Waals surface area contributed by atoms with E-state index in [0.717, 1.165) is 12.8 Å². The van der Waals surface area contributed by atoms with E-state index in [1.165, 1.54) is 0 Å². The number of nitrogens with one attached hydrogen (secondary N) is 5. The maximum absolute atomic E-state index is 13.6. The van der Waals surface area contributed by atoms with Gasteiger partial charge >= 0.3 is 0 Å². The first-order chi connectivity index (χ1) is 31.3. The van der Waals surface area contributed by atoms with Crippen LogP contribution in [0.25, 0.3) is 0 Å². The van der Waals surface area contributed by atoms with E-state index in [0.29, 0.717) is 59.0 Å². The van der Waals surface area contributed by atoms with Gasteiger partial charge in [-0.3, -0.25) is 24.0 Å². The van der Waals surface area contributed by atoms with Crippen molar-refractivity contribution in [1.82, 2.24) is 26.6 Å². The second-order valence-corrected chi connectivity index (χ2v) is 17.4. The molecule has 0 aliphatic carbocycles. The Bertz CT molecular complexity index is 1380. The van der Waals surface area contributed by atoms with Crippen molar-refractivity contribution in [2.45, 2.75) is 109 Å². The third-order valence-electron chi connectivity index (χ3n) is 9.38. The second-order valence-electron chi connectivity index (χ2n) is 15.1. The fourth-order valence-electron chi connectivity index (χ4n) is 5.73. The van der Waals surface area contributed by atoms with Crippen molar-refractivity contribution in [2.75, 3.05) is 112 Å². The van der Waals surface area contributed by atoms with Crippen LogP contribution in [0.1, 0.15) is 97.3 Å². The Hall–Kier alpha value is -4.06. The molecule has 0 aliphatic rings. The van der Waals surface area contributed by atoms with Gasteiger partial charge in [0, 0.05) is 69.5 Å². The van der Waals surface area contributed by atoms with Gasteiger partial charge in [-0.05, 0) is 38.5 Å². The number of terminal acetylenes is 3. The molecular formula is C45H75N5O14P-. The summed E-state index contributed by atoms with van der Waals surface area (Å²) >= 11 is 0. The zero-order valence-electron chi connectivity index (χ0n) is 38.7. The average molecular weight is 941 g/mol. The molecule has 0 radical (unpaired) electrons. The molecule has 0 heterocycles. The smallest absolute Gasteiger partial charge is 0.220 e. The van der Waals surface area contributed by atoms with Gasteiger partial charge in [-0.1, -0.05) is 44.5 Å². The van der Waals surface area contributed by atoms with Crippen molar-refractivity contribution >= 4 is 37.1 Å². The first-order valence-corrected chi connectivity index (χ1v) is 24.0. The molecule has 5 N–H and O–H groups in total. The lowest BCUT2D eigenvalue weighted by Gasteiger charge is -2.35. The van der Waals surface area contributed by atoms with Crippen molar-refractivity contribution in [1.29, 1.82) is 0 Å². The highest BCUT2D eigenvalue weighted by Gasteiger charge is 2.33. The molecule has 5 amide bonds. The van der Waals surface area contributed by atoms with Gasteiger partial charge in [0.1, 0.15) is 27.4 Å². The van der Waals surface area contributed by atoms with E-state index in [2.05, 4.69) is 44.3 Å². The number of unbranched alkanes of at least 4 members (excludes halogenated alkanes) is 3. The van der Waals surface area contributed by atoms with E-state index in [1.807, 2.05) is 0 Å². The Morgan fingerprint density at radius 3 is 1.28 bits per heavy atom. The predicted octanol–water partition coefficient (Wildman–Crippen LogP) is 1.36. The summed E-state index contributed by atoms with van der Waals surface area (Å²) < 4.78 is 48.7. The van der Waals surface area contributed by atoms with Crippen molar-refractivity contribution < 1.29 is 66.4 Å². The van der Waals surface area contributed by atoms with E-state index < -0.39 is 24.7 Å². The van der Waals surface area contributed by atoms with Gasteiger partial charge in [0.05, 0.1) is 66.1 Å². The Morgan fingerprint density at radius 2 is 0.862 bits per heavy atom. The van der Waals surface area contributed by atoms with Gasteiger partial charge in [0.2, 0.25) is 29.5 Å². The minimum absolute atomic E-state index is 0.0209. The fraction of sp³-hybridized carbons (Fsp3) is 0.756. The zero-order valence-corrected chi connectivity index (χ0v) is 39.6. The Morgan fingerprint density at radius 1 is 0.492 bits per heavy atom. The van der Waals surface area contributed by atoms with Crippen LogP contribution in [-0.4, -0.2) is 153 Å². The largest absolute Gasteiger partial charge is 0.778 e. The molecule has 20 heteroatoms. The summed E-state index contributed by atoms with van der Waals surface area (Å²) in [5.41, 5.74) is -1.73. The second kappa shape index (κ2) is 41.4. The summed E-state index contributed by atoms with van der Waals surface area (Å²) in [5.74, 6) is 5.51. The number of hydrogen-bond acceptors (Lipinski definition) is 14. The van der Waals surface area contributed by atoms with Crippen molar-refractivity contribution in [3.05, 3.63) is 0 Å². The number of hydrogen-bond donors (Lipinski definition) is 5. The summed E-state index contributed by atoms with van der Waals surface area (Å²) in [6.45, 7) is 7.38. The highest BCUT2D eigenvalue weighted by Crippen LogP contribution is 2.42. The average Bonchev–Trinajstić information content (AvgIpc) is 3.27. The van der Waals surface area contributed by atoms with Gasteiger partial charge in [-0.25, -0.2) is 0 Å². The van der Waals surface area contributed by atoms with Gasteiger partial charge in [0.15, 0.2) is 0 Å². The maximum atomic E-state index is 13.6. The van der Waals surface area contributed by atoms with E-state index >= 15 is 0 Å². The fourth-order valence-corrected chi connectivity index (χ4v) is 6.41. The van der Waals surface area contributed by atoms with Crippen molar-refractivity contribution in [3.63, 3.8) is 0 Å². The van der Waals surface area contributed by atoms with E-state index in [4.69, 9.17) is 52.2 Å². The normalized spacial score (nSPS) is 12.0. The molecule has 0 aromatic heterocycles. The van der Waals surface area contributed by atoms with Crippen LogP contribution in [0.5, 0.6) is 0 Å². The topological polar surface area (TPSA) is 250 Å². The monoisotopic (exact) mass is 941 g/mol. The van der Waals surface area contributed by atoms with Crippen molar-refractivity contribution in [2.24, 2.45) is 0 Å². The summed E-state index contributed by atoms with van der Waals surface area (Å²) in [6.07, 6.45) is 18.8. The van der Waals surface area contributed by atoms with Crippen LogP contribution in [-0.2, 0) is 61.5 Å². The molecule has 0 spiro atoms. The molecule has 0 aromatic carbocycles. The minimum Gasteiger partial charge on any atom is -0.778 e. The molecular weight excluding hydrogens is 865 g/mol. The third kappa shape index (κ3) is 37.8. The molecule has 370 valence electrons. The van der Waals surface area contributed by atoms with Crippen LogP contribution in [0.15, 0.2) is 0 Å². The Labute approximate surface area is 386 Å². The SMILES string of the molecule is C#CCOCCOCCNC(=O)CCC(CCC(=O)NCCOCCOCC#C)(CCC(=O)NCCOCCOCC#C)NC(=O)CCCC(=O)NCCCCCCOP(=O)([O-])C(C)C. The summed E-state index contributed by atoms with van der Waals surface area (Å²) in [4.78, 5) is 77.1. The minimum atomic E-state index is -3.84. The molecule has 0 aliphatic heterocycles. The first-order valence-electron chi connectivity index (χ1n) is 22.4. The molecule has 65 heavy (non-hydrogen) atoms. The molecule has 19 nitrogen and oxygen atoms in total. The molecule has 0 bridgehead atoms. The quantitative estimate of drug-likeness (QED) is 0.0329. The standard InChI is InChI=1S/C45H76N5O14P/c1-6-26-58-33-36-61-30-23-47-41(52)16-19-45(20-17-42(53)48-24-31-62-37-34-59-27-7-2,21-18-43(54)49-25-32-63-38-35-60-28-8-3)50-44(55)15-13-14-40(51)46-22-11-9-10-12-29-64-65(56,57)39(4)5/h1-3,39H,9-38H2,4-5H3,(H,46,51)(H,47,52)(H,48,53)(H,49,54)(H,50,55)(H,56,57)/p-1. The van der Waals surface area contributed by atoms with Gasteiger partial charge in [-0.2, -0.15) is 0 Å². The van der Waals surface area contributed by atoms with Gasteiger partial charge < -0.3 is 69.0 Å². The lowest BCUT2D eigenvalue weighted by molar-refractivity contribution is -0.200. The summed E-state index contributed by atoms with van der Waals surface area (Å²) in [7, 11) is -3.84. The van der Waals surface area contributed by atoms with E-state index in [1.54, 1.807) is 13.8 Å². The highest BCUT2D eigenvalue weighted by atomic mass is 31.2. The molecule has 0 saturated carbocycles. The Kier molecular flexibility index (Phi) is 38.8. The lowest BCUT2D eigenvalue weighted by Crippen LogP contribution is -2.50. The van der Waals surface area contributed by atoms with Crippen LogP contribution in [0, 0.1) is 37.0 Å². The molecule has 0 saturated heterocycles. The molecule has 1 unspecified atom stereocenters. The molecule has 0 aromatic rings. The lowest BCUT2D eigenvalue weighted by atomic mass is 9.82. The maximum Gasteiger partial charge on any atom is 0.220 e. The number of carbonyl (C=O) groups excluding carboxylic acids is 5. The number of rotatable bonds is 44.